The number of halogens is 1. The van der Waals surface area contributed by atoms with Crippen molar-refractivity contribution in [1.29, 1.82) is 0 Å². The van der Waals surface area contributed by atoms with E-state index in [-0.39, 0.29) is 5.56 Å². The molecule has 4 nitrogen and oxygen atoms in total. The molecule has 0 N–H and O–H groups in total. The zero-order valence-electron chi connectivity index (χ0n) is 15.6. The lowest BCUT2D eigenvalue weighted by molar-refractivity contribution is 0.322. The van der Waals surface area contributed by atoms with Crippen molar-refractivity contribution >= 4 is 10.0 Å². The molecule has 146 valence electrons. The molecule has 1 fully saturated rings. The van der Waals surface area contributed by atoms with E-state index in [1.165, 1.54) is 22.0 Å². The largest absolute Gasteiger partial charge is 0.497 e. The van der Waals surface area contributed by atoms with Crippen molar-refractivity contribution in [2.24, 2.45) is 0 Å². The minimum absolute atomic E-state index is 0.241. The Kier molecular flexibility index (Phi) is 6.50. The van der Waals surface area contributed by atoms with E-state index in [1.807, 2.05) is 24.3 Å². The van der Waals surface area contributed by atoms with Crippen LogP contribution < -0.4 is 4.74 Å². The zero-order chi connectivity index (χ0) is 20.0. The predicted molar refractivity (Wildman–Crippen MR) is 108 cm³/mol. The van der Waals surface area contributed by atoms with Gasteiger partial charge in [-0.25, -0.2) is 12.8 Å². The number of benzene rings is 2. The Hall–Kier alpha value is -2.62. The van der Waals surface area contributed by atoms with E-state index in [4.69, 9.17) is 4.74 Å². The molecule has 2 aromatic rings. The van der Waals surface area contributed by atoms with E-state index in [1.54, 1.807) is 25.3 Å². The van der Waals surface area contributed by atoms with Crippen LogP contribution >= 0.6 is 0 Å². The SMILES string of the molecule is COc1ccc(C2CCN(S(=O)(=O)C=CC#Cc3ccccc3F)CC2)cc1. The van der Waals surface area contributed by atoms with Crippen LogP contribution in [0.15, 0.2) is 60.0 Å². The fourth-order valence-electron chi connectivity index (χ4n) is 3.21. The maximum atomic E-state index is 13.5. The first-order chi connectivity index (χ1) is 13.5. The number of allylic oxidation sites excluding steroid dienone is 1. The molecule has 6 heteroatoms. The fourth-order valence-corrected chi connectivity index (χ4v) is 4.34. The van der Waals surface area contributed by atoms with Crippen molar-refractivity contribution in [3.8, 4) is 17.6 Å². The molecule has 1 aliphatic rings. The van der Waals surface area contributed by atoms with Gasteiger partial charge in [-0.1, -0.05) is 36.1 Å². The van der Waals surface area contributed by atoms with E-state index in [9.17, 15) is 12.8 Å². The molecule has 0 aliphatic carbocycles. The number of piperidine rings is 1. The summed E-state index contributed by atoms with van der Waals surface area (Å²) in [6.07, 6.45) is 2.79. The monoisotopic (exact) mass is 399 g/mol. The van der Waals surface area contributed by atoms with Crippen LogP contribution in [-0.2, 0) is 10.0 Å². The van der Waals surface area contributed by atoms with Crippen LogP contribution in [0.4, 0.5) is 4.39 Å². The lowest BCUT2D eigenvalue weighted by atomic mass is 9.90. The Morgan fingerprint density at radius 1 is 1.11 bits per heavy atom. The Morgan fingerprint density at radius 3 is 2.43 bits per heavy atom. The molecule has 0 aromatic heterocycles. The molecule has 3 rings (SSSR count). The van der Waals surface area contributed by atoms with Gasteiger partial charge in [0.1, 0.15) is 11.6 Å². The highest BCUT2D eigenvalue weighted by Crippen LogP contribution is 2.30. The van der Waals surface area contributed by atoms with Gasteiger partial charge in [0.2, 0.25) is 10.0 Å². The summed E-state index contributed by atoms with van der Waals surface area (Å²) in [7, 11) is -1.90. The van der Waals surface area contributed by atoms with Gasteiger partial charge < -0.3 is 4.74 Å². The van der Waals surface area contributed by atoms with Gasteiger partial charge in [-0.2, -0.15) is 4.31 Å². The number of methoxy groups -OCH3 is 1. The molecule has 1 heterocycles. The van der Waals surface area contributed by atoms with Crippen LogP contribution in [0.3, 0.4) is 0 Å². The van der Waals surface area contributed by atoms with Crippen molar-refractivity contribution < 1.29 is 17.5 Å². The van der Waals surface area contributed by atoms with Gasteiger partial charge in [-0.3, -0.25) is 0 Å². The van der Waals surface area contributed by atoms with Gasteiger partial charge in [0, 0.05) is 19.2 Å². The Labute approximate surface area is 165 Å². The molecule has 0 saturated carbocycles. The highest BCUT2D eigenvalue weighted by atomic mass is 32.2. The quantitative estimate of drug-likeness (QED) is 0.733. The predicted octanol–water partition coefficient (Wildman–Crippen LogP) is 3.91. The topological polar surface area (TPSA) is 46.6 Å². The van der Waals surface area contributed by atoms with E-state index in [2.05, 4.69) is 11.8 Å². The second-order valence-corrected chi connectivity index (χ2v) is 8.36. The van der Waals surface area contributed by atoms with Crippen LogP contribution in [0.2, 0.25) is 0 Å². The van der Waals surface area contributed by atoms with Gasteiger partial charge in [-0.05, 0) is 48.6 Å². The van der Waals surface area contributed by atoms with E-state index < -0.39 is 15.8 Å². The average molecular weight is 399 g/mol. The third-order valence-corrected chi connectivity index (χ3v) is 6.37. The summed E-state index contributed by atoms with van der Waals surface area (Å²) in [5.74, 6) is 5.94. The minimum atomic E-state index is -3.53. The van der Waals surface area contributed by atoms with Crippen LogP contribution in [0.5, 0.6) is 5.75 Å². The second-order valence-electron chi connectivity index (χ2n) is 6.54. The molecule has 0 radical (unpaired) electrons. The van der Waals surface area contributed by atoms with Crippen molar-refractivity contribution in [3.63, 3.8) is 0 Å². The summed E-state index contributed by atoms with van der Waals surface area (Å²) in [6.45, 7) is 0.925. The first kappa shape index (κ1) is 20.1. The molecule has 2 aromatic carbocycles. The van der Waals surface area contributed by atoms with Crippen molar-refractivity contribution in [1.82, 2.24) is 4.31 Å². The molecule has 0 amide bonds. The summed E-state index contributed by atoms with van der Waals surface area (Å²) >= 11 is 0. The molecular weight excluding hydrogens is 377 g/mol. The first-order valence-electron chi connectivity index (χ1n) is 9.06. The summed E-state index contributed by atoms with van der Waals surface area (Å²) < 4.78 is 45.1. The van der Waals surface area contributed by atoms with Gasteiger partial charge in [0.15, 0.2) is 0 Å². The maximum Gasteiger partial charge on any atom is 0.236 e. The number of rotatable bonds is 4. The van der Waals surface area contributed by atoms with Gasteiger partial charge in [0.25, 0.3) is 0 Å². The number of nitrogens with zero attached hydrogens (tertiary/aromatic N) is 1. The van der Waals surface area contributed by atoms with Crippen molar-refractivity contribution in [2.45, 2.75) is 18.8 Å². The van der Waals surface area contributed by atoms with Crippen molar-refractivity contribution in [2.75, 3.05) is 20.2 Å². The molecule has 0 unspecified atom stereocenters. The number of hydrogen-bond donors (Lipinski definition) is 0. The highest BCUT2D eigenvalue weighted by molar-refractivity contribution is 7.92. The Balaban J connectivity index is 1.59. The standard InChI is InChI=1S/C22H22FNO3S/c1-27-21-11-9-18(10-12-21)19-13-15-24(16-14-19)28(25,26)17-5-4-7-20-6-2-3-8-22(20)23/h2-3,5-6,8-12,17,19H,13-16H2,1H3. The van der Waals surface area contributed by atoms with E-state index in [0.717, 1.165) is 24.0 Å². The van der Waals surface area contributed by atoms with E-state index in [0.29, 0.717) is 19.0 Å². The van der Waals surface area contributed by atoms with E-state index >= 15 is 0 Å². The van der Waals surface area contributed by atoms with Gasteiger partial charge >= 0.3 is 0 Å². The molecule has 0 atom stereocenters. The second kappa shape index (κ2) is 9.05. The van der Waals surface area contributed by atoms with Crippen LogP contribution in [0.25, 0.3) is 0 Å². The van der Waals surface area contributed by atoms with Gasteiger partial charge in [-0.15, -0.1) is 0 Å². The van der Waals surface area contributed by atoms with Crippen LogP contribution in [0.1, 0.15) is 29.9 Å². The normalized spacial score (nSPS) is 15.9. The minimum Gasteiger partial charge on any atom is -0.497 e. The summed E-state index contributed by atoms with van der Waals surface area (Å²) in [5.41, 5.74) is 1.44. The molecular formula is C22H22FNO3S. The lowest BCUT2D eigenvalue weighted by Gasteiger charge is -2.30. The van der Waals surface area contributed by atoms with Crippen LogP contribution in [-0.4, -0.2) is 32.9 Å². The molecule has 0 spiro atoms. The Morgan fingerprint density at radius 2 is 1.79 bits per heavy atom. The first-order valence-corrected chi connectivity index (χ1v) is 10.6. The third kappa shape index (κ3) is 5.00. The molecule has 0 bridgehead atoms. The fraction of sp³-hybridized carbons (Fsp3) is 0.273. The summed E-state index contributed by atoms with van der Waals surface area (Å²) in [5, 5.41) is 1.09. The molecule has 28 heavy (non-hydrogen) atoms. The number of ether oxygens (including phenoxy) is 1. The molecule has 1 aliphatic heterocycles. The average Bonchev–Trinajstić information content (AvgIpc) is 2.72. The summed E-state index contributed by atoms with van der Waals surface area (Å²) in [4.78, 5) is 0. The Bertz CT molecular complexity index is 996. The smallest absolute Gasteiger partial charge is 0.236 e. The third-order valence-electron chi connectivity index (χ3n) is 4.81. The zero-order valence-corrected chi connectivity index (χ0v) is 16.5. The number of hydrogen-bond acceptors (Lipinski definition) is 3. The van der Waals surface area contributed by atoms with Gasteiger partial charge in [0.05, 0.1) is 18.1 Å². The van der Waals surface area contributed by atoms with Crippen molar-refractivity contribution in [3.05, 3.63) is 77.0 Å². The maximum absolute atomic E-state index is 13.5. The number of sulfonamides is 1. The van der Waals surface area contributed by atoms with Crippen LogP contribution in [0, 0.1) is 17.7 Å². The highest BCUT2D eigenvalue weighted by Gasteiger charge is 2.26. The summed E-state index contributed by atoms with van der Waals surface area (Å²) in [6, 6.07) is 14.0. The molecule has 1 saturated heterocycles. The lowest BCUT2D eigenvalue weighted by Crippen LogP contribution is -2.36.